The SMILES string of the molecule is C/C=C\C(C)=C/Cc1ccc2cc(CCC)c3ccc4c(c3c2c1)CCC4=O.C=C(CC)CC. The lowest BCUT2D eigenvalue weighted by Crippen LogP contribution is -1.95. The van der Waals surface area contributed by atoms with Crippen molar-refractivity contribution in [2.75, 3.05) is 0 Å². The maximum absolute atomic E-state index is 12.3. The maximum Gasteiger partial charge on any atom is 0.163 e. The number of hydrogen-bond acceptors (Lipinski definition) is 1. The van der Waals surface area contributed by atoms with Gasteiger partial charge in [-0.05, 0) is 84.2 Å². The summed E-state index contributed by atoms with van der Waals surface area (Å²) in [6, 6.07) is 13.5. The summed E-state index contributed by atoms with van der Waals surface area (Å²) in [7, 11) is 0. The molecule has 4 rings (SSSR count). The number of allylic oxidation sites excluding steroid dienone is 5. The van der Waals surface area contributed by atoms with Gasteiger partial charge in [-0.1, -0.05) is 99.5 Å². The van der Waals surface area contributed by atoms with E-state index in [0.29, 0.717) is 12.2 Å². The summed E-state index contributed by atoms with van der Waals surface area (Å²) in [4.78, 5) is 12.3. The average Bonchev–Trinajstić information content (AvgIpc) is 3.23. The number of rotatable bonds is 7. The molecular weight excluding hydrogens is 412 g/mol. The first kappa shape index (κ1) is 25.7. The zero-order chi connectivity index (χ0) is 24.7. The van der Waals surface area contributed by atoms with E-state index in [1.54, 1.807) is 0 Å². The number of hydrogen-bond donors (Lipinski definition) is 0. The number of carbonyl (C=O) groups excluding carboxylic acids is 1. The van der Waals surface area contributed by atoms with Crippen LogP contribution in [0.5, 0.6) is 0 Å². The average molecular weight is 453 g/mol. The van der Waals surface area contributed by atoms with Gasteiger partial charge in [-0.2, -0.15) is 0 Å². The number of ketones is 1. The Bertz CT molecular complexity index is 1250. The quantitative estimate of drug-likeness (QED) is 0.198. The number of carbonyl (C=O) groups is 1. The van der Waals surface area contributed by atoms with Crippen molar-refractivity contribution in [2.45, 2.75) is 79.6 Å². The molecule has 0 fully saturated rings. The highest BCUT2D eigenvalue weighted by atomic mass is 16.1. The molecule has 0 amide bonds. The van der Waals surface area contributed by atoms with Gasteiger partial charge < -0.3 is 0 Å². The monoisotopic (exact) mass is 452 g/mol. The van der Waals surface area contributed by atoms with Gasteiger partial charge in [0, 0.05) is 12.0 Å². The lowest BCUT2D eigenvalue weighted by Gasteiger charge is -2.14. The summed E-state index contributed by atoms with van der Waals surface area (Å²) < 4.78 is 0. The van der Waals surface area contributed by atoms with E-state index in [4.69, 9.17) is 0 Å². The van der Waals surface area contributed by atoms with E-state index < -0.39 is 0 Å². The summed E-state index contributed by atoms with van der Waals surface area (Å²) >= 11 is 0. The Morgan fingerprint density at radius 1 is 1.00 bits per heavy atom. The van der Waals surface area contributed by atoms with Gasteiger partial charge in [0.2, 0.25) is 0 Å². The van der Waals surface area contributed by atoms with E-state index in [0.717, 1.165) is 44.1 Å². The van der Waals surface area contributed by atoms with Crippen LogP contribution in [0.2, 0.25) is 0 Å². The largest absolute Gasteiger partial charge is 0.294 e. The lowest BCUT2D eigenvalue weighted by molar-refractivity contribution is 0.0994. The predicted octanol–water partition coefficient (Wildman–Crippen LogP) is 9.50. The van der Waals surface area contributed by atoms with Crippen molar-refractivity contribution in [3.05, 3.63) is 94.6 Å². The predicted molar refractivity (Wildman–Crippen MR) is 150 cm³/mol. The van der Waals surface area contributed by atoms with E-state index in [9.17, 15) is 4.79 Å². The van der Waals surface area contributed by atoms with Gasteiger partial charge in [0.15, 0.2) is 5.78 Å². The summed E-state index contributed by atoms with van der Waals surface area (Å²) in [5.74, 6) is 0.298. The molecule has 0 bridgehead atoms. The second-order valence-corrected chi connectivity index (χ2v) is 9.39. The molecule has 1 aliphatic rings. The van der Waals surface area contributed by atoms with Crippen LogP contribution in [-0.4, -0.2) is 5.78 Å². The molecule has 0 atom stereocenters. The van der Waals surface area contributed by atoms with Gasteiger partial charge in [0.05, 0.1) is 0 Å². The first-order chi connectivity index (χ1) is 16.4. The van der Waals surface area contributed by atoms with Gasteiger partial charge in [0.1, 0.15) is 0 Å². The molecule has 1 nitrogen and oxygen atoms in total. The molecule has 34 heavy (non-hydrogen) atoms. The Morgan fingerprint density at radius 2 is 1.76 bits per heavy atom. The third-order valence-corrected chi connectivity index (χ3v) is 6.89. The van der Waals surface area contributed by atoms with Gasteiger partial charge in [-0.25, -0.2) is 0 Å². The molecule has 0 heterocycles. The second kappa shape index (κ2) is 12.0. The van der Waals surface area contributed by atoms with Crippen molar-refractivity contribution in [1.29, 1.82) is 0 Å². The molecule has 0 spiro atoms. The molecule has 0 N–H and O–H groups in total. The van der Waals surface area contributed by atoms with Crippen LogP contribution in [0.4, 0.5) is 0 Å². The maximum atomic E-state index is 12.3. The van der Waals surface area contributed by atoms with Gasteiger partial charge in [-0.3, -0.25) is 4.79 Å². The van der Waals surface area contributed by atoms with Gasteiger partial charge in [0.25, 0.3) is 0 Å². The number of benzene rings is 3. The van der Waals surface area contributed by atoms with Crippen LogP contribution in [0.15, 0.2) is 72.4 Å². The Morgan fingerprint density at radius 3 is 2.41 bits per heavy atom. The number of fused-ring (bicyclic) bond motifs is 5. The molecule has 1 heteroatoms. The molecule has 0 aromatic heterocycles. The van der Waals surface area contributed by atoms with Crippen molar-refractivity contribution in [2.24, 2.45) is 0 Å². The molecule has 0 saturated carbocycles. The van der Waals surface area contributed by atoms with Crippen LogP contribution < -0.4 is 0 Å². The van der Waals surface area contributed by atoms with Crippen molar-refractivity contribution in [1.82, 2.24) is 0 Å². The van der Waals surface area contributed by atoms with Crippen molar-refractivity contribution in [3.8, 4) is 0 Å². The summed E-state index contributed by atoms with van der Waals surface area (Å²) in [5.41, 5.74) is 7.57. The summed E-state index contributed by atoms with van der Waals surface area (Å²) in [6.45, 7) is 14.5. The van der Waals surface area contributed by atoms with E-state index in [1.165, 1.54) is 49.4 Å². The molecule has 0 saturated heterocycles. The third-order valence-electron chi connectivity index (χ3n) is 6.89. The molecule has 1 aliphatic carbocycles. The number of aryl methyl sites for hydroxylation is 2. The Balaban J connectivity index is 0.000000481. The standard InChI is InChI=1S/C27H28O.C6H12/c1-4-6-18(3)8-9-19-10-11-21-17-20(7-5-2)22-12-13-23-24(14-15-26(23)28)27(22)25(21)16-19;1-4-6(3)5-2/h4,6,8,10-13,16-17H,5,7,9,14-15H2,1-3H3;3-5H2,1-2H3/b6-4-,18-8-;. The fraction of sp³-hybridized carbons (Fsp3) is 0.364. The van der Waals surface area contributed by atoms with Gasteiger partial charge >= 0.3 is 0 Å². The summed E-state index contributed by atoms with van der Waals surface area (Å²) in [5, 5.41) is 5.25. The van der Waals surface area contributed by atoms with Gasteiger partial charge in [-0.15, -0.1) is 0 Å². The van der Waals surface area contributed by atoms with Crippen LogP contribution in [0.1, 0.15) is 87.4 Å². The van der Waals surface area contributed by atoms with Crippen LogP contribution >= 0.6 is 0 Å². The number of Topliss-reactive ketones (excluding diaryl/α,β-unsaturated/α-hetero) is 1. The zero-order valence-corrected chi connectivity index (χ0v) is 21.8. The van der Waals surface area contributed by atoms with E-state index in [-0.39, 0.29) is 0 Å². The smallest absolute Gasteiger partial charge is 0.163 e. The fourth-order valence-electron chi connectivity index (χ4n) is 4.79. The van der Waals surface area contributed by atoms with E-state index in [2.05, 4.69) is 95.8 Å². The highest BCUT2D eigenvalue weighted by Gasteiger charge is 2.23. The van der Waals surface area contributed by atoms with Crippen molar-refractivity contribution < 1.29 is 4.79 Å². The Kier molecular flexibility index (Phi) is 9.05. The van der Waals surface area contributed by atoms with Crippen LogP contribution in [-0.2, 0) is 19.3 Å². The summed E-state index contributed by atoms with van der Waals surface area (Å²) in [6.07, 6.45) is 13.4. The molecular formula is C33H40O. The molecule has 0 radical (unpaired) electrons. The minimum Gasteiger partial charge on any atom is -0.294 e. The first-order valence-electron chi connectivity index (χ1n) is 12.9. The second-order valence-electron chi connectivity index (χ2n) is 9.39. The molecule has 3 aromatic carbocycles. The van der Waals surface area contributed by atoms with E-state index >= 15 is 0 Å². The zero-order valence-electron chi connectivity index (χ0n) is 21.8. The lowest BCUT2D eigenvalue weighted by atomic mass is 9.89. The molecule has 0 unspecified atom stereocenters. The fourth-order valence-corrected chi connectivity index (χ4v) is 4.79. The van der Waals surface area contributed by atoms with Crippen LogP contribution in [0.25, 0.3) is 21.5 Å². The molecule has 0 aliphatic heterocycles. The highest BCUT2D eigenvalue weighted by molar-refractivity contribution is 6.15. The normalized spacial score (nSPS) is 13.4. The van der Waals surface area contributed by atoms with Crippen molar-refractivity contribution in [3.63, 3.8) is 0 Å². The minimum atomic E-state index is 0.298. The molecule has 178 valence electrons. The van der Waals surface area contributed by atoms with Crippen LogP contribution in [0.3, 0.4) is 0 Å². The van der Waals surface area contributed by atoms with E-state index in [1.807, 2.05) is 0 Å². The van der Waals surface area contributed by atoms with Crippen LogP contribution in [0, 0.1) is 0 Å². The molecule has 3 aromatic rings. The third kappa shape index (κ3) is 5.76. The minimum absolute atomic E-state index is 0.298. The Hall–Kier alpha value is -2.93. The Labute approximate surface area is 206 Å². The highest BCUT2D eigenvalue weighted by Crippen LogP contribution is 2.37. The topological polar surface area (TPSA) is 17.1 Å². The first-order valence-corrected chi connectivity index (χ1v) is 12.9. The van der Waals surface area contributed by atoms with Crippen molar-refractivity contribution >= 4 is 27.3 Å².